The summed E-state index contributed by atoms with van der Waals surface area (Å²) in [7, 11) is 0. The number of rotatable bonds is 5. The smallest absolute Gasteiger partial charge is 0.335 e. The van der Waals surface area contributed by atoms with Crippen molar-refractivity contribution in [2.24, 2.45) is 0 Å². The third-order valence-corrected chi connectivity index (χ3v) is 5.53. The number of nitrogens with one attached hydrogen (secondary N) is 1. The number of anilines is 1. The normalized spacial score (nSPS) is 15.6. The number of amides is 4. The van der Waals surface area contributed by atoms with Gasteiger partial charge in [-0.25, -0.2) is 9.69 Å². The number of urea groups is 1. The van der Waals surface area contributed by atoms with Gasteiger partial charge in [0.25, 0.3) is 11.8 Å². The number of halogens is 1. The zero-order valence-electron chi connectivity index (χ0n) is 15.5. The van der Waals surface area contributed by atoms with Crippen molar-refractivity contribution in [1.29, 1.82) is 0 Å². The molecule has 1 N–H and O–H groups in total. The fourth-order valence-electron chi connectivity index (χ4n) is 2.84. The standard InChI is InChI=1S/C22H15ClN2O4S/c23-15-6-8-16(9-7-15)25-21(27)18(20(26)24-22(25)28)12-17-10-11-19(29-17)30-13-14-4-2-1-3-5-14/h1-12H,13H2,(H,24,26,28). The molecule has 150 valence electrons. The summed E-state index contributed by atoms with van der Waals surface area (Å²) >= 11 is 7.36. The summed E-state index contributed by atoms with van der Waals surface area (Å²) in [5.74, 6) is -0.441. The Morgan fingerprint density at radius 2 is 1.70 bits per heavy atom. The number of nitrogens with zero attached hydrogens (tertiary/aromatic N) is 1. The highest BCUT2D eigenvalue weighted by Gasteiger charge is 2.37. The van der Waals surface area contributed by atoms with Crippen LogP contribution in [0.4, 0.5) is 10.5 Å². The molecule has 1 aliphatic heterocycles. The molecule has 4 rings (SSSR count). The quantitative estimate of drug-likeness (QED) is 0.348. The molecule has 0 radical (unpaired) electrons. The summed E-state index contributed by atoms with van der Waals surface area (Å²) < 4.78 is 5.72. The summed E-state index contributed by atoms with van der Waals surface area (Å²) in [5.41, 5.74) is 1.26. The first-order valence-corrected chi connectivity index (χ1v) is 10.3. The molecule has 0 spiro atoms. The van der Waals surface area contributed by atoms with E-state index in [1.54, 1.807) is 24.3 Å². The zero-order chi connectivity index (χ0) is 21.1. The SMILES string of the molecule is O=C1NC(=O)N(c2ccc(Cl)cc2)C(=O)C1=Cc1ccc(SCc2ccccc2)o1. The van der Waals surface area contributed by atoms with Gasteiger partial charge in [0.1, 0.15) is 11.3 Å². The fraction of sp³-hybridized carbons (Fsp3) is 0.0455. The van der Waals surface area contributed by atoms with Crippen molar-refractivity contribution >= 4 is 53.0 Å². The van der Waals surface area contributed by atoms with Gasteiger partial charge in [0.15, 0.2) is 5.09 Å². The van der Waals surface area contributed by atoms with Gasteiger partial charge < -0.3 is 4.42 Å². The summed E-state index contributed by atoms with van der Waals surface area (Å²) in [5, 5.41) is 3.29. The van der Waals surface area contributed by atoms with Crippen LogP contribution in [0.5, 0.6) is 0 Å². The Hall–Kier alpha value is -3.29. The highest BCUT2D eigenvalue weighted by atomic mass is 35.5. The maximum absolute atomic E-state index is 12.8. The van der Waals surface area contributed by atoms with Gasteiger partial charge in [0, 0.05) is 10.8 Å². The molecular formula is C22H15ClN2O4S. The average molecular weight is 439 g/mol. The molecule has 0 saturated carbocycles. The molecule has 30 heavy (non-hydrogen) atoms. The number of carbonyl (C=O) groups excluding carboxylic acids is 3. The van der Waals surface area contributed by atoms with Gasteiger partial charge in [0.2, 0.25) is 0 Å². The number of barbiturate groups is 1. The number of benzene rings is 2. The number of furan rings is 1. The van der Waals surface area contributed by atoms with Crippen LogP contribution in [0, 0.1) is 0 Å². The van der Waals surface area contributed by atoms with Crippen LogP contribution >= 0.6 is 23.4 Å². The van der Waals surface area contributed by atoms with Crippen molar-refractivity contribution in [2.45, 2.75) is 10.8 Å². The van der Waals surface area contributed by atoms with Gasteiger partial charge in [-0.2, -0.15) is 0 Å². The minimum atomic E-state index is -0.817. The van der Waals surface area contributed by atoms with E-state index in [0.29, 0.717) is 21.6 Å². The van der Waals surface area contributed by atoms with E-state index in [4.69, 9.17) is 16.0 Å². The molecule has 2 aromatic carbocycles. The van der Waals surface area contributed by atoms with E-state index in [-0.39, 0.29) is 5.57 Å². The zero-order valence-corrected chi connectivity index (χ0v) is 17.1. The van der Waals surface area contributed by atoms with Crippen LogP contribution in [0.3, 0.4) is 0 Å². The molecule has 0 aliphatic carbocycles. The van der Waals surface area contributed by atoms with Gasteiger partial charge in [-0.05, 0) is 48.0 Å². The van der Waals surface area contributed by atoms with Crippen LogP contribution in [-0.2, 0) is 15.3 Å². The Bertz CT molecular complexity index is 1140. The number of thioether (sulfide) groups is 1. The number of hydrogen-bond acceptors (Lipinski definition) is 5. The Labute approximate surface area is 181 Å². The van der Waals surface area contributed by atoms with Crippen LogP contribution in [0.2, 0.25) is 5.02 Å². The van der Waals surface area contributed by atoms with Crippen LogP contribution < -0.4 is 10.2 Å². The lowest BCUT2D eigenvalue weighted by Gasteiger charge is -2.26. The van der Waals surface area contributed by atoms with Crippen LogP contribution in [0.15, 0.2) is 81.8 Å². The van der Waals surface area contributed by atoms with Gasteiger partial charge in [-0.15, -0.1) is 0 Å². The molecule has 1 saturated heterocycles. The molecule has 1 fully saturated rings. The molecule has 0 unspecified atom stereocenters. The molecular weight excluding hydrogens is 424 g/mol. The predicted octanol–water partition coefficient (Wildman–Crippen LogP) is 4.89. The highest BCUT2D eigenvalue weighted by Crippen LogP contribution is 2.27. The van der Waals surface area contributed by atoms with Crippen LogP contribution in [0.1, 0.15) is 11.3 Å². The largest absolute Gasteiger partial charge is 0.450 e. The lowest BCUT2D eigenvalue weighted by molar-refractivity contribution is -0.122. The van der Waals surface area contributed by atoms with Crippen molar-refractivity contribution in [1.82, 2.24) is 5.32 Å². The Kier molecular flexibility index (Phi) is 5.74. The lowest BCUT2D eigenvalue weighted by Crippen LogP contribution is -2.54. The third-order valence-electron chi connectivity index (χ3n) is 4.30. The Morgan fingerprint density at radius 3 is 2.43 bits per heavy atom. The molecule has 8 heteroatoms. The minimum Gasteiger partial charge on any atom is -0.450 e. The predicted molar refractivity (Wildman–Crippen MR) is 115 cm³/mol. The van der Waals surface area contributed by atoms with E-state index >= 15 is 0 Å². The first-order valence-electron chi connectivity index (χ1n) is 8.95. The molecule has 6 nitrogen and oxygen atoms in total. The number of imide groups is 2. The van der Waals surface area contributed by atoms with Gasteiger partial charge in [0.05, 0.1) is 5.69 Å². The van der Waals surface area contributed by atoms with Crippen molar-refractivity contribution in [3.05, 3.63) is 88.6 Å². The van der Waals surface area contributed by atoms with Crippen molar-refractivity contribution < 1.29 is 18.8 Å². The second kappa shape index (κ2) is 8.61. The molecule has 1 aromatic heterocycles. The maximum Gasteiger partial charge on any atom is 0.335 e. The fourth-order valence-corrected chi connectivity index (χ4v) is 3.79. The van der Waals surface area contributed by atoms with Gasteiger partial charge >= 0.3 is 6.03 Å². The summed E-state index contributed by atoms with van der Waals surface area (Å²) in [6, 6.07) is 18.7. The summed E-state index contributed by atoms with van der Waals surface area (Å²) in [6.45, 7) is 0. The number of hydrogen-bond donors (Lipinski definition) is 1. The molecule has 3 aromatic rings. The second-order valence-corrected chi connectivity index (χ2v) is 7.78. The van der Waals surface area contributed by atoms with Gasteiger partial charge in [-0.3, -0.25) is 14.9 Å². The lowest BCUT2D eigenvalue weighted by atomic mass is 10.1. The van der Waals surface area contributed by atoms with Crippen LogP contribution in [0.25, 0.3) is 6.08 Å². The Balaban J connectivity index is 1.54. The average Bonchev–Trinajstić information content (AvgIpc) is 3.19. The molecule has 0 bridgehead atoms. The second-order valence-electron chi connectivity index (χ2n) is 6.37. The van der Waals surface area contributed by atoms with Gasteiger partial charge in [-0.1, -0.05) is 53.7 Å². The van der Waals surface area contributed by atoms with Crippen molar-refractivity contribution in [2.75, 3.05) is 4.90 Å². The summed E-state index contributed by atoms with van der Waals surface area (Å²) in [4.78, 5) is 38.2. The number of carbonyl (C=O) groups is 3. The van der Waals surface area contributed by atoms with E-state index < -0.39 is 17.8 Å². The topological polar surface area (TPSA) is 79.6 Å². The minimum absolute atomic E-state index is 0.196. The van der Waals surface area contributed by atoms with E-state index in [0.717, 1.165) is 16.2 Å². The van der Waals surface area contributed by atoms with E-state index in [2.05, 4.69) is 5.32 Å². The van der Waals surface area contributed by atoms with E-state index in [9.17, 15) is 14.4 Å². The monoisotopic (exact) mass is 438 g/mol. The first-order chi connectivity index (χ1) is 14.5. The van der Waals surface area contributed by atoms with Crippen molar-refractivity contribution in [3.63, 3.8) is 0 Å². The van der Waals surface area contributed by atoms with E-state index in [1.807, 2.05) is 30.3 Å². The molecule has 0 atom stereocenters. The Morgan fingerprint density at radius 1 is 0.967 bits per heavy atom. The maximum atomic E-state index is 12.8. The van der Waals surface area contributed by atoms with Crippen molar-refractivity contribution in [3.8, 4) is 0 Å². The third kappa shape index (κ3) is 4.32. The summed E-state index contributed by atoms with van der Waals surface area (Å²) in [6.07, 6.45) is 1.33. The molecule has 4 amide bonds. The molecule has 2 heterocycles. The highest BCUT2D eigenvalue weighted by molar-refractivity contribution is 7.98. The first kappa shape index (κ1) is 20.0. The molecule has 1 aliphatic rings. The van der Waals surface area contributed by atoms with E-state index in [1.165, 1.54) is 30.0 Å². The van der Waals surface area contributed by atoms with Crippen LogP contribution in [-0.4, -0.2) is 17.8 Å².